The van der Waals surface area contributed by atoms with Crippen LogP contribution in [0.2, 0.25) is 0 Å². The fourth-order valence-electron chi connectivity index (χ4n) is 2.50. The van der Waals surface area contributed by atoms with Crippen LogP contribution < -0.4 is 5.32 Å². The molecular weight excluding hydrogens is 214 g/mol. The fourth-order valence-corrected chi connectivity index (χ4v) is 3.29. The molecule has 0 heterocycles. The highest BCUT2D eigenvalue weighted by Crippen LogP contribution is 2.29. The summed E-state index contributed by atoms with van der Waals surface area (Å²) in [7, 11) is 0. The normalized spacial score (nSPS) is 26.9. The lowest BCUT2D eigenvalue weighted by Gasteiger charge is -2.19. The summed E-state index contributed by atoms with van der Waals surface area (Å²) in [5, 5.41) is 4.62. The second kappa shape index (κ2) is 5.74. The highest BCUT2D eigenvalue weighted by molar-refractivity contribution is 7.99. The van der Waals surface area contributed by atoms with Crippen LogP contribution >= 0.6 is 11.8 Å². The molecule has 16 heavy (non-hydrogen) atoms. The second-order valence-corrected chi connectivity index (χ2v) is 5.80. The maximum atomic E-state index is 3.75. The molecule has 1 aromatic carbocycles. The minimum absolute atomic E-state index is 0.479. The average Bonchev–Trinajstić information content (AvgIpc) is 2.78. The number of thioether (sulfide) groups is 1. The molecule has 1 N–H and O–H groups in total. The number of hydrogen-bond acceptors (Lipinski definition) is 2. The van der Waals surface area contributed by atoms with E-state index < -0.39 is 0 Å². The minimum Gasteiger partial charge on any atom is -0.307 e. The van der Waals surface area contributed by atoms with Crippen LogP contribution in [0.5, 0.6) is 0 Å². The standard InChI is InChI=1S/C14H21NS/c1-11(12-6-4-3-5-7-12)15-13-8-9-14(10-13)16-2/h3-7,11,13-15H,8-10H2,1-2H3. The van der Waals surface area contributed by atoms with Crippen LogP contribution in [0.3, 0.4) is 0 Å². The molecule has 0 aliphatic heterocycles. The number of nitrogens with one attached hydrogen (secondary N) is 1. The molecule has 1 fully saturated rings. The molecule has 0 aromatic heterocycles. The van der Waals surface area contributed by atoms with E-state index in [1.165, 1.54) is 24.8 Å². The molecule has 3 unspecified atom stereocenters. The Kier molecular flexibility index (Phi) is 4.30. The summed E-state index contributed by atoms with van der Waals surface area (Å²) in [5.74, 6) is 0. The average molecular weight is 235 g/mol. The second-order valence-electron chi connectivity index (χ2n) is 4.67. The summed E-state index contributed by atoms with van der Waals surface area (Å²) in [5.41, 5.74) is 1.40. The summed E-state index contributed by atoms with van der Waals surface area (Å²) in [6, 6.07) is 11.9. The van der Waals surface area contributed by atoms with Crippen LogP contribution in [0.15, 0.2) is 30.3 Å². The van der Waals surface area contributed by atoms with E-state index in [4.69, 9.17) is 0 Å². The lowest BCUT2D eigenvalue weighted by atomic mass is 10.1. The topological polar surface area (TPSA) is 12.0 Å². The molecule has 1 nitrogen and oxygen atoms in total. The highest BCUT2D eigenvalue weighted by atomic mass is 32.2. The van der Waals surface area contributed by atoms with Crippen molar-refractivity contribution in [3.05, 3.63) is 35.9 Å². The SMILES string of the molecule is CSC1CCC(NC(C)c2ccccc2)C1. The van der Waals surface area contributed by atoms with Gasteiger partial charge in [-0.15, -0.1) is 0 Å². The molecule has 88 valence electrons. The van der Waals surface area contributed by atoms with Crippen molar-refractivity contribution >= 4 is 11.8 Å². The number of hydrogen-bond donors (Lipinski definition) is 1. The Morgan fingerprint density at radius 3 is 2.62 bits per heavy atom. The van der Waals surface area contributed by atoms with Gasteiger partial charge in [-0.05, 0) is 38.0 Å². The maximum absolute atomic E-state index is 3.75. The van der Waals surface area contributed by atoms with Crippen LogP contribution in [-0.4, -0.2) is 17.5 Å². The fraction of sp³-hybridized carbons (Fsp3) is 0.571. The van der Waals surface area contributed by atoms with Crippen molar-refractivity contribution in [3.8, 4) is 0 Å². The maximum Gasteiger partial charge on any atom is 0.0294 e. The summed E-state index contributed by atoms with van der Waals surface area (Å²) >= 11 is 2.02. The first kappa shape index (κ1) is 12.0. The minimum atomic E-state index is 0.479. The summed E-state index contributed by atoms with van der Waals surface area (Å²) in [6.07, 6.45) is 6.27. The van der Waals surface area contributed by atoms with Crippen molar-refractivity contribution in [2.24, 2.45) is 0 Å². The largest absolute Gasteiger partial charge is 0.307 e. The van der Waals surface area contributed by atoms with Crippen LogP contribution in [-0.2, 0) is 0 Å². The van der Waals surface area contributed by atoms with E-state index in [1.54, 1.807) is 0 Å². The van der Waals surface area contributed by atoms with Gasteiger partial charge in [-0.1, -0.05) is 30.3 Å². The van der Waals surface area contributed by atoms with E-state index in [-0.39, 0.29) is 0 Å². The molecule has 0 amide bonds. The first-order chi connectivity index (χ1) is 7.79. The predicted molar refractivity (Wildman–Crippen MR) is 72.9 cm³/mol. The van der Waals surface area contributed by atoms with Gasteiger partial charge in [0.15, 0.2) is 0 Å². The number of rotatable bonds is 4. The van der Waals surface area contributed by atoms with Gasteiger partial charge in [0.25, 0.3) is 0 Å². The van der Waals surface area contributed by atoms with E-state index >= 15 is 0 Å². The van der Waals surface area contributed by atoms with Crippen LogP contribution in [0.4, 0.5) is 0 Å². The van der Waals surface area contributed by atoms with Crippen LogP contribution in [0.25, 0.3) is 0 Å². The molecule has 1 aliphatic rings. The van der Waals surface area contributed by atoms with E-state index in [9.17, 15) is 0 Å². The lowest BCUT2D eigenvalue weighted by molar-refractivity contribution is 0.462. The van der Waals surface area contributed by atoms with Gasteiger partial charge in [0.2, 0.25) is 0 Å². The van der Waals surface area contributed by atoms with Crippen molar-refractivity contribution in [2.75, 3.05) is 6.26 Å². The molecular formula is C14H21NS. The third-order valence-electron chi connectivity index (χ3n) is 3.50. The molecule has 0 bridgehead atoms. The highest BCUT2D eigenvalue weighted by Gasteiger charge is 2.24. The molecule has 1 saturated carbocycles. The first-order valence-corrected chi connectivity index (χ1v) is 7.42. The van der Waals surface area contributed by atoms with Gasteiger partial charge in [0.05, 0.1) is 0 Å². The van der Waals surface area contributed by atoms with E-state index in [2.05, 4.69) is 48.8 Å². The van der Waals surface area contributed by atoms with Crippen molar-refractivity contribution in [2.45, 2.75) is 43.5 Å². The van der Waals surface area contributed by atoms with Gasteiger partial charge in [0, 0.05) is 17.3 Å². The smallest absolute Gasteiger partial charge is 0.0294 e. The molecule has 0 radical (unpaired) electrons. The van der Waals surface area contributed by atoms with Crippen molar-refractivity contribution < 1.29 is 0 Å². The van der Waals surface area contributed by atoms with Gasteiger partial charge in [-0.3, -0.25) is 0 Å². The zero-order valence-electron chi connectivity index (χ0n) is 10.1. The Hall–Kier alpha value is -0.470. The predicted octanol–water partition coefficient (Wildman–Crippen LogP) is 3.62. The lowest BCUT2D eigenvalue weighted by Crippen LogP contribution is -2.29. The van der Waals surface area contributed by atoms with Crippen molar-refractivity contribution in [1.29, 1.82) is 0 Å². The molecule has 2 rings (SSSR count). The first-order valence-electron chi connectivity index (χ1n) is 6.13. The summed E-state index contributed by atoms with van der Waals surface area (Å²) in [4.78, 5) is 0. The Morgan fingerprint density at radius 1 is 1.25 bits per heavy atom. The van der Waals surface area contributed by atoms with Crippen molar-refractivity contribution in [3.63, 3.8) is 0 Å². The molecule has 0 saturated heterocycles. The summed E-state index contributed by atoms with van der Waals surface area (Å²) < 4.78 is 0. The zero-order valence-corrected chi connectivity index (χ0v) is 11.0. The molecule has 2 heteroatoms. The Balaban J connectivity index is 1.86. The Morgan fingerprint density at radius 2 is 2.00 bits per heavy atom. The molecule has 0 spiro atoms. The van der Waals surface area contributed by atoms with Gasteiger partial charge in [0.1, 0.15) is 0 Å². The molecule has 1 aromatic rings. The third kappa shape index (κ3) is 3.02. The number of benzene rings is 1. The van der Waals surface area contributed by atoms with Crippen molar-refractivity contribution in [1.82, 2.24) is 5.32 Å². The van der Waals surface area contributed by atoms with E-state index in [0.717, 1.165) is 5.25 Å². The third-order valence-corrected chi connectivity index (χ3v) is 4.60. The quantitative estimate of drug-likeness (QED) is 0.855. The monoisotopic (exact) mass is 235 g/mol. The van der Waals surface area contributed by atoms with Gasteiger partial charge in [-0.2, -0.15) is 11.8 Å². The van der Waals surface area contributed by atoms with Gasteiger partial charge < -0.3 is 5.32 Å². The molecule has 3 atom stereocenters. The van der Waals surface area contributed by atoms with E-state index in [1.807, 2.05) is 11.8 Å². The Labute approximate surface area is 103 Å². The Bertz CT molecular complexity index is 312. The van der Waals surface area contributed by atoms with Crippen LogP contribution in [0.1, 0.15) is 37.8 Å². The van der Waals surface area contributed by atoms with Crippen LogP contribution in [0, 0.1) is 0 Å². The van der Waals surface area contributed by atoms with Gasteiger partial charge in [-0.25, -0.2) is 0 Å². The van der Waals surface area contributed by atoms with E-state index in [0.29, 0.717) is 12.1 Å². The van der Waals surface area contributed by atoms with Gasteiger partial charge >= 0.3 is 0 Å². The summed E-state index contributed by atoms with van der Waals surface area (Å²) in [6.45, 7) is 2.27. The molecule has 1 aliphatic carbocycles. The zero-order chi connectivity index (χ0) is 11.4.